The van der Waals surface area contributed by atoms with Crippen LogP contribution < -0.4 is 0 Å². The summed E-state index contributed by atoms with van der Waals surface area (Å²) in [4.78, 5) is 4.93. The summed E-state index contributed by atoms with van der Waals surface area (Å²) in [5.74, 6) is -1.51. The molecule has 2 atom stereocenters. The van der Waals surface area contributed by atoms with Crippen molar-refractivity contribution < 1.29 is 22.0 Å². The zero-order chi connectivity index (χ0) is 25.5. The summed E-state index contributed by atoms with van der Waals surface area (Å²) in [5, 5.41) is 0.937. The predicted molar refractivity (Wildman–Crippen MR) is 130 cm³/mol. The van der Waals surface area contributed by atoms with Gasteiger partial charge in [0.1, 0.15) is 11.6 Å². The highest BCUT2D eigenvalue weighted by Crippen LogP contribution is 2.59. The molecule has 188 valence electrons. The van der Waals surface area contributed by atoms with Crippen molar-refractivity contribution in [3.63, 3.8) is 0 Å². The lowest BCUT2D eigenvalue weighted by atomic mass is 9.86. The van der Waals surface area contributed by atoms with Crippen LogP contribution in [0.25, 0.3) is 17.0 Å². The number of rotatable bonds is 4. The molecule has 1 aliphatic heterocycles. The Balaban J connectivity index is 0.00000141. The molecule has 1 aliphatic carbocycles. The number of para-hydroxylation sites is 1. The minimum Gasteiger partial charge on any atom is -0.357 e. The van der Waals surface area contributed by atoms with E-state index in [9.17, 15) is 13.2 Å². The average Bonchev–Trinajstić information content (AvgIpc) is 3.52. The van der Waals surface area contributed by atoms with Gasteiger partial charge in [0.2, 0.25) is 0 Å². The van der Waals surface area contributed by atoms with Gasteiger partial charge in [-0.05, 0) is 62.4 Å². The lowest BCUT2D eigenvalue weighted by Gasteiger charge is -2.43. The summed E-state index contributed by atoms with van der Waals surface area (Å²) >= 11 is 0. The first-order valence-corrected chi connectivity index (χ1v) is 12.2. The minimum absolute atomic E-state index is 0.0389. The van der Waals surface area contributed by atoms with Gasteiger partial charge in [-0.25, -0.2) is 8.78 Å². The van der Waals surface area contributed by atoms with Crippen molar-refractivity contribution in [1.29, 1.82) is 0 Å². The largest absolute Gasteiger partial charge is 0.395 e. The zero-order valence-corrected chi connectivity index (χ0v) is 20.4. The van der Waals surface area contributed by atoms with Gasteiger partial charge in [-0.2, -0.15) is 13.2 Å². The fourth-order valence-corrected chi connectivity index (χ4v) is 5.25. The van der Waals surface area contributed by atoms with Gasteiger partial charge in [-0.15, -0.1) is 0 Å². The van der Waals surface area contributed by atoms with Crippen LogP contribution in [0.2, 0.25) is 0 Å². The number of halogens is 5. The summed E-state index contributed by atoms with van der Waals surface area (Å²) in [6.45, 7) is 7.30. The van der Waals surface area contributed by atoms with Gasteiger partial charge in [-0.1, -0.05) is 44.2 Å². The molecule has 2 heterocycles. The van der Waals surface area contributed by atoms with Crippen LogP contribution in [0.15, 0.2) is 42.5 Å². The number of nitrogens with one attached hydrogen (secondary N) is 1. The molecule has 1 aromatic heterocycles. The Morgan fingerprint density at radius 2 is 1.71 bits per heavy atom. The molecule has 0 bridgehead atoms. The topological polar surface area (TPSA) is 19.0 Å². The fraction of sp³-hybridized carbons (Fsp3) is 0.429. The Labute approximate surface area is 202 Å². The monoisotopic (exact) mass is 490 g/mol. The summed E-state index contributed by atoms with van der Waals surface area (Å²) in [6, 6.07) is 8.74. The smallest absolute Gasteiger partial charge is 0.357 e. The second-order valence-electron chi connectivity index (χ2n) is 9.37. The Kier molecular flexibility index (Phi) is 6.84. The van der Waals surface area contributed by atoms with E-state index in [4.69, 9.17) is 0 Å². The van der Waals surface area contributed by atoms with Gasteiger partial charge in [0, 0.05) is 34.7 Å². The molecule has 1 saturated carbocycles. The number of benzene rings is 2. The quantitative estimate of drug-likeness (QED) is 0.365. The van der Waals surface area contributed by atoms with Gasteiger partial charge < -0.3 is 4.98 Å². The number of nitrogens with zero attached hydrogens (tertiary/aromatic N) is 1. The second kappa shape index (κ2) is 9.41. The third-order valence-corrected chi connectivity index (χ3v) is 7.19. The van der Waals surface area contributed by atoms with Crippen LogP contribution >= 0.6 is 0 Å². The lowest BCUT2D eigenvalue weighted by Crippen LogP contribution is -2.48. The van der Waals surface area contributed by atoms with Gasteiger partial charge >= 0.3 is 6.18 Å². The van der Waals surface area contributed by atoms with Gasteiger partial charge in [0.25, 0.3) is 0 Å². The Hall–Kier alpha value is -2.67. The van der Waals surface area contributed by atoms with Crippen molar-refractivity contribution in [1.82, 2.24) is 9.88 Å². The normalized spacial score (nSPS) is 21.6. The van der Waals surface area contributed by atoms with E-state index in [2.05, 4.69) is 4.98 Å². The van der Waals surface area contributed by atoms with E-state index in [0.717, 1.165) is 16.5 Å². The first-order chi connectivity index (χ1) is 16.6. The molecule has 1 N–H and O–H groups in total. The molecule has 0 amide bonds. The molecule has 5 rings (SSSR count). The standard InChI is InChI=1S/C26H25F5N2.C2H6/c1-3-6-16-12-19(27)22(20(28)13-16)24-23-18(17-7-4-5-8-21(17)32-23)11-15(2)33(24)14-25(9-10-25)26(29,30)31;1-2/h3-8,12-13,15,24,32H,9-11,14H2,1-2H3;1-2H3/b6-3+;. The third kappa shape index (κ3) is 4.39. The molecule has 2 nitrogen and oxygen atoms in total. The van der Waals surface area contributed by atoms with Crippen molar-refractivity contribution in [3.8, 4) is 0 Å². The molecule has 35 heavy (non-hydrogen) atoms. The van der Waals surface area contributed by atoms with E-state index in [1.54, 1.807) is 24.0 Å². The Morgan fingerprint density at radius 1 is 1.09 bits per heavy atom. The molecule has 2 aliphatic rings. The minimum atomic E-state index is -4.36. The predicted octanol–water partition coefficient (Wildman–Crippen LogP) is 8.18. The summed E-state index contributed by atoms with van der Waals surface area (Å²) < 4.78 is 72.5. The van der Waals surface area contributed by atoms with E-state index in [1.807, 2.05) is 45.0 Å². The average molecular weight is 491 g/mol. The van der Waals surface area contributed by atoms with E-state index < -0.39 is 29.3 Å². The van der Waals surface area contributed by atoms with Gasteiger partial charge in [0.05, 0.1) is 11.5 Å². The van der Waals surface area contributed by atoms with Crippen molar-refractivity contribution in [3.05, 3.63) is 76.5 Å². The molecule has 0 saturated heterocycles. The molecular weight excluding hydrogens is 459 g/mol. The van der Waals surface area contributed by atoms with Crippen LogP contribution in [0.3, 0.4) is 0 Å². The molecule has 3 aromatic rings. The maximum atomic E-state index is 15.4. The Morgan fingerprint density at radius 3 is 2.29 bits per heavy atom. The zero-order valence-electron chi connectivity index (χ0n) is 20.4. The summed E-state index contributed by atoms with van der Waals surface area (Å²) in [6.07, 6.45) is -0.504. The fourth-order valence-electron chi connectivity index (χ4n) is 5.25. The second-order valence-corrected chi connectivity index (χ2v) is 9.37. The van der Waals surface area contributed by atoms with Gasteiger partial charge in [-0.3, -0.25) is 4.90 Å². The SMILES string of the molecule is C/C=C/c1cc(F)c(C2c3[nH]c4ccccc4c3CC(C)N2CC2(C(F)(F)F)CC2)c(F)c1.CC. The number of aromatic nitrogens is 1. The Bertz CT molecular complexity index is 1210. The van der Waals surface area contributed by atoms with Crippen LogP contribution in [-0.2, 0) is 6.42 Å². The van der Waals surface area contributed by atoms with E-state index in [0.29, 0.717) is 17.7 Å². The van der Waals surface area contributed by atoms with Crippen LogP contribution in [0.5, 0.6) is 0 Å². The number of alkyl halides is 3. The molecule has 1 fully saturated rings. The number of H-pyrrole nitrogens is 1. The number of hydrogen-bond acceptors (Lipinski definition) is 1. The van der Waals surface area contributed by atoms with Crippen LogP contribution in [-0.4, -0.2) is 28.6 Å². The molecule has 2 unspecified atom stereocenters. The lowest BCUT2D eigenvalue weighted by molar-refractivity contribution is -0.194. The molecule has 2 aromatic carbocycles. The van der Waals surface area contributed by atoms with Crippen LogP contribution in [0.1, 0.15) is 69.0 Å². The highest BCUT2D eigenvalue weighted by Gasteiger charge is 2.64. The van der Waals surface area contributed by atoms with Crippen molar-refractivity contribution >= 4 is 17.0 Å². The van der Waals surface area contributed by atoms with E-state index >= 15 is 8.78 Å². The molecule has 7 heteroatoms. The van der Waals surface area contributed by atoms with Crippen LogP contribution in [0, 0.1) is 17.0 Å². The maximum absolute atomic E-state index is 15.4. The van der Waals surface area contributed by atoms with E-state index in [1.165, 1.54) is 12.1 Å². The molecule has 0 spiro atoms. The van der Waals surface area contributed by atoms with E-state index in [-0.39, 0.29) is 31.0 Å². The van der Waals surface area contributed by atoms with Crippen molar-refractivity contribution in [2.24, 2.45) is 5.41 Å². The highest BCUT2D eigenvalue weighted by atomic mass is 19.4. The molecule has 0 radical (unpaired) electrons. The van der Waals surface area contributed by atoms with Gasteiger partial charge in [0.15, 0.2) is 0 Å². The number of hydrogen-bond donors (Lipinski definition) is 1. The summed E-state index contributed by atoms with van der Waals surface area (Å²) in [5.41, 5.74) is 0.639. The number of allylic oxidation sites excluding steroid dienone is 1. The van der Waals surface area contributed by atoms with Crippen molar-refractivity contribution in [2.45, 2.75) is 65.2 Å². The van der Waals surface area contributed by atoms with Crippen LogP contribution in [0.4, 0.5) is 22.0 Å². The maximum Gasteiger partial charge on any atom is 0.395 e. The number of aromatic amines is 1. The number of fused-ring (bicyclic) bond motifs is 3. The first kappa shape index (κ1) is 25.4. The van der Waals surface area contributed by atoms with Crippen molar-refractivity contribution in [2.75, 3.05) is 6.54 Å². The molecular formula is C28H31F5N2. The third-order valence-electron chi connectivity index (χ3n) is 7.19. The summed E-state index contributed by atoms with van der Waals surface area (Å²) in [7, 11) is 0. The first-order valence-electron chi connectivity index (χ1n) is 12.2. The highest BCUT2D eigenvalue weighted by molar-refractivity contribution is 5.85.